The lowest BCUT2D eigenvalue weighted by Gasteiger charge is -2.19. The van der Waals surface area contributed by atoms with E-state index in [9.17, 15) is 14.2 Å². The zero-order chi connectivity index (χ0) is 19.7. The van der Waals surface area contributed by atoms with Crippen LogP contribution in [0.5, 0.6) is 0 Å². The molecule has 0 atom stereocenters. The molecule has 0 radical (unpaired) electrons. The normalized spacial score (nSPS) is 11.0. The SMILES string of the molecule is CCOC(=O)C(=N)c1ccc(P(=O)(OCC)OCC)cc1NCC(=O)O. The maximum absolute atomic E-state index is 12.9. The third kappa shape index (κ3) is 5.66. The van der Waals surface area contributed by atoms with Gasteiger partial charge in [-0.25, -0.2) is 4.79 Å². The molecule has 1 aromatic rings. The molecule has 0 fully saturated rings. The van der Waals surface area contributed by atoms with Crippen LogP contribution in [0, 0.1) is 5.41 Å². The van der Waals surface area contributed by atoms with Crippen molar-refractivity contribution < 1.29 is 33.0 Å². The van der Waals surface area contributed by atoms with Crippen molar-refractivity contribution >= 4 is 36.2 Å². The van der Waals surface area contributed by atoms with Crippen molar-refractivity contribution in [1.29, 1.82) is 5.41 Å². The second-order valence-corrected chi connectivity index (χ2v) is 6.93. The molecule has 26 heavy (non-hydrogen) atoms. The van der Waals surface area contributed by atoms with Crippen molar-refractivity contribution in [2.75, 3.05) is 31.7 Å². The lowest BCUT2D eigenvalue weighted by atomic mass is 10.1. The fourth-order valence-electron chi connectivity index (χ4n) is 2.08. The Kier molecular flexibility index (Phi) is 8.44. The van der Waals surface area contributed by atoms with Crippen molar-refractivity contribution in [3.05, 3.63) is 23.8 Å². The molecule has 0 aliphatic carbocycles. The summed E-state index contributed by atoms with van der Waals surface area (Å²) >= 11 is 0. The Balaban J connectivity index is 3.36. The van der Waals surface area contributed by atoms with Crippen LogP contribution in [0.15, 0.2) is 18.2 Å². The standard InChI is InChI=1S/C16H23N2O7P/c1-4-23-16(21)15(17)12-8-7-11(9-13(12)18-10-14(19)20)26(22,24-5-2)25-6-3/h7-9,17-18H,4-6,10H2,1-3H3,(H,19,20). The van der Waals surface area contributed by atoms with Crippen LogP contribution in [-0.4, -0.2) is 49.1 Å². The minimum absolute atomic E-state index is 0.0983. The number of carbonyl (C=O) groups is 2. The summed E-state index contributed by atoms with van der Waals surface area (Å²) in [5.74, 6) is -1.99. The van der Waals surface area contributed by atoms with Crippen LogP contribution in [-0.2, 0) is 27.9 Å². The zero-order valence-electron chi connectivity index (χ0n) is 14.9. The molecule has 0 unspecified atom stereocenters. The molecule has 0 spiro atoms. The maximum Gasteiger partial charge on any atom is 0.361 e. The van der Waals surface area contributed by atoms with Crippen molar-refractivity contribution in [3.63, 3.8) is 0 Å². The number of carboxylic acid groups (broad SMARTS) is 1. The molecule has 3 N–H and O–H groups in total. The fourth-order valence-corrected chi connectivity index (χ4v) is 3.67. The number of hydrogen-bond acceptors (Lipinski definition) is 8. The third-order valence-corrected chi connectivity index (χ3v) is 5.20. The summed E-state index contributed by atoms with van der Waals surface area (Å²) in [7, 11) is -3.61. The molecule has 0 bridgehead atoms. The number of nitrogens with one attached hydrogen (secondary N) is 2. The highest BCUT2D eigenvalue weighted by molar-refractivity contribution is 7.62. The molecule has 0 aromatic heterocycles. The number of hydrogen-bond donors (Lipinski definition) is 3. The molecule has 144 valence electrons. The third-order valence-electron chi connectivity index (χ3n) is 3.10. The second kappa shape index (κ2) is 10.1. The van der Waals surface area contributed by atoms with E-state index in [4.69, 9.17) is 24.3 Å². The molecule has 0 amide bonds. The first kappa shape index (κ1) is 21.8. The van der Waals surface area contributed by atoms with Crippen LogP contribution in [0.25, 0.3) is 0 Å². The monoisotopic (exact) mass is 386 g/mol. The van der Waals surface area contributed by atoms with Gasteiger partial charge in [0.1, 0.15) is 12.3 Å². The van der Waals surface area contributed by atoms with E-state index in [-0.39, 0.29) is 36.4 Å². The fraction of sp³-hybridized carbons (Fsp3) is 0.438. The Bertz CT molecular complexity index is 711. The highest BCUT2D eigenvalue weighted by atomic mass is 31.2. The lowest BCUT2D eigenvalue weighted by molar-refractivity contribution is -0.135. The minimum atomic E-state index is -3.61. The predicted molar refractivity (Wildman–Crippen MR) is 96.5 cm³/mol. The van der Waals surface area contributed by atoms with E-state index in [2.05, 4.69) is 5.32 Å². The summed E-state index contributed by atoms with van der Waals surface area (Å²) in [6.45, 7) is 4.88. The van der Waals surface area contributed by atoms with Gasteiger partial charge in [-0.05, 0) is 39.0 Å². The number of benzene rings is 1. The Labute approximate surface area is 151 Å². The number of ether oxygens (including phenoxy) is 1. The van der Waals surface area contributed by atoms with Crippen LogP contribution >= 0.6 is 7.60 Å². The summed E-state index contributed by atoms with van der Waals surface area (Å²) in [4.78, 5) is 22.7. The van der Waals surface area contributed by atoms with Gasteiger partial charge in [-0.15, -0.1) is 0 Å². The van der Waals surface area contributed by atoms with Gasteiger partial charge >= 0.3 is 19.5 Å². The number of rotatable bonds is 11. The second-order valence-electron chi connectivity index (χ2n) is 4.91. The first-order chi connectivity index (χ1) is 12.3. The van der Waals surface area contributed by atoms with Crippen LogP contribution in [0.2, 0.25) is 0 Å². The summed E-state index contributed by atoms with van der Waals surface area (Å²) in [5.41, 5.74) is -0.190. The molecule has 1 rings (SSSR count). The average Bonchev–Trinajstić information content (AvgIpc) is 2.59. The van der Waals surface area contributed by atoms with E-state index in [0.29, 0.717) is 0 Å². The number of esters is 1. The van der Waals surface area contributed by atoms with Gasteiger partial charge in [-0.3, -0.25) is 14.8 Å². The summed E-state index contributed by atoms with van der Waals surface area (Å²) in [6, 6.07) is 4.16. The van der Waals surface area contributed by atoms with Crippen LogP contribution < -0.4 is 10.6 Å². The molecular weight excluding hydrogens is 363 g/mol. The number of anilines is 1. The zero-order valence-corrected chi connectivity index (χ0v) is 15.8. The van der Waals surface area contributed by atoms with E-state index in [1.54, 1.807) is 20.8 Å². The number of carboxylic acids is 1. The number of carbonyl (C=O) groups excluding carboxylic acids is 1. The van der Waals surface area contributed by atoms with Gasteiger partial charge in [-0.1, -0.05) is 0 Å². The molecule has 10 heteroatoms. The van der Waals surface area contributed by atoms with E-state index in [0.717, 1.165) is 0 Å². The molecule has 0 saturated carbocycles. The Morgan fingerprint density at radius 2 is 1.77 bits per heavy atom. The molecular formula is C16H23N2O7P. The van der Waals surface area contributed by atoms with E-state index >= 15 is 0 Å². The first-order valence-electron chi connectivity index (χ1n) is 8.04. The Morgan fingerprint density at radius 3 is 2.27 bits per heavy atom. The smallest absolute Gasteiger partial charge is 0.361 e. The molecule has 0 aliphatic rings. The Morgan fingerprint density at radius 1 is 1.15 bits per heavy atom. The quantitative estimate of drug-likeness (QED) is 0.299. The molecule has 0 aliphatic heterocycles. The molecule has 1 aromatic carbocycles. The van der Waals surface area contributed by atoms with Crippen molar-refractivity contribution in [1.82, 2.24) is 0 Å². The van der Waals surface area contributed by atoms with Gasteiger partial charge in [0.25, 0.3) is 0 Å². The molecule has 0 heterocycles. The highest BCUT2D eigenvalue weighted by Crippen LogP contribution is 2.47. The van der Waals surface area contributed by atoms with Crippen LogP contribution in [0.4, 0.5) is 5.69 Å². The van der Waals surface area contributed by atoms with Gasteiger partial charge in [0, 0.05) is 11.3 Å². The van der Waals surface area contributed by atoms with E-state index < -0.39 is 31.8 Å². The van der Waals surface area contributed by atoms with E-state index in [1.165, 1.54) is 18.2 Å². The Hall–Kier alpha value is -2.22. The predicted octanol–water partition coefficient (Wildman–Crippen LogP) is 2.01. The van der Waals surface area contributed by atoms with Gasteiger partial charge in [0.15, 0.2) is 0 Å². The molecule has 9 nitrogen and oxygen atoms in total. The van der Waals surface area contributed by atoms with Gasteiger partial charge in [-0.2, -0.15) is 0 Å². The molecule has 0 saturated heterocycles. The topological polar surface area (TPSA) is 135 Å². The van der Waals surface area contributed by atoms with Crippen LogP contribution in [0.3, 0.4) is 0 Å². The lowest BCUT2D eigenvalue weighted by Crippen LogP contribution is -2.22. The minimum Gasteiger partial charge on any atom is -0.480 e. The van der Waals surface area contributed by atoms with Gasteiger partial charge in [0.2, 0.25) is 0 Å². The first-order valence-corrected chi connectivity index (χ1v) is 9.58. The summed E-state index contributed by atoms with van der Waals surface area (Å²) in [6.07, 6.45) is 0. The highest BCUT2D eigenvalue weighted by Gasteiger charge is 2.28. The summed E-state index contributed by atoms with van der Waals surface area (Å²) < 4.78 is 28.2. The van der Waals surface area contributed by atoms with E-state index in [1.807, 2.05) is 0 Å². The summed E-state index contributed by atoms with van der Waals surface area (Å²) in [5, 5.41) is 19.6. The van der Waals surface area contributed by atoms with Crippen molar-refractivity contribution in [2.24, 2.45) is 0 Å². The van der Waals surface area contributed by atoms with Crippen molar-refractivity contribution in [3.8, 4) is 0 Å². The number of aliphatic carboxylic acids is 1. The average molecular weight is 386 g/mol. The van der Waals surface area contributed by atoms with Gasteiger partial charge < -0.3 is 24.2 Å². The van der Waals surface area contributed by atoms with Crippen molar-refractivity contribution in [2.45, 2.75) is 20.8 Å². The largest absolute Gasteiger partial charge is 0.480 e. The van der Waals surface area contributed by atoms with Gasteiger partial charge in [0.05, 0.1) is 25.1 Å². The van der Waals surface area contributed by atoms with Crippen LogP contribution in [0.1, 0.15) is 26.3 Å². The maximum atomic E-state index is 12.9.